The van der Waals surface area contributed by atoms with E-state index in [0.29, 0.717) is 12.5 Å². The maximum Gasteiger partial charge on any atom is 0.226 e. The Balaban J connectivity index is 1.67. The second-order valence-corrected chi connectivity index (χ2v) is 8.09. The Hall–Kier alpha value is -0.0900. The Bertz CT molecular complexity index is 330. The molecule has 0 aromatic rings. The zero-order valence-corrected chi connectivity index (χ0v) is 14.0. The fourth-order valence-electron chi connectivity index (χ4n) is 5.26. The highest BCUT2D eigenvalue weighted by Gasteiger charge is 2.54. The highest BCUT2D eigenvalue weighted by atomic mass is 79.9. The summed E-state index contributed by atoms with van der Waals surface area (Å²) in [4.78, 5) is 12.9. The molecule has 1 unspecified atom stereocenters. The first kappa shape index (κ1) is 14.8. The molecule has 1 atom stereocenters. The summed E-state index contributed by atoms with van der Waals surface area (Å²) in [6.45, 7) is 0.615. The summed E-state index contributed by atoms with van der Waals surface area (Å²) in [5.74, 6) is 2.79. The van der Waals surface area contributed by atoms with Crippen molar-refractivity contribution >= 4 is 21.8 Å². The van der Waals surface area contributed by atoms with Crippen molar-refractivity contribution in [2.75, 3.05) is 19.0 Å². The lowest BCUT2D eigenvalue weighted by atomic mass is 9.49. The summed E-state index contributed by atoms with van der Waals surface area (Å²) in [6.07, 6.45) is 8.50. The monoisotopic (exact) mass is 343 g/mol. The quantitative estimate of drug-likeness (QED) is 0.752. The molecular formula is C16H26BrNO2. The van der Waals surface area contributed by atoms with E-state index in [9.17, 15) is 4.79 Å². The van der Waals surface area contributed by atoms with Crippen molar-refractivity contribution < 1.29 is 9.53 Å². The van der Waals surface area contributed by atoms with E-state index in [0.717, 1.165) is 48.8 Å². The number of rotatable bonds is 6. The summed E-state index contributed by atoms with van der Waals surface area (Å²) >= 11 is 3.47. The fourth-order valence-corrected chi connectivity index (χ4v) is 5.81. The van der Waals surface area contributed by atoms with Gasteiger partial charge in [0.05, 0.1) is 12.6 Å². The molecule has 4 saturated carbocycles. The first-order chi connectivity index (χ1) is 9.65. The van der Waals surface area contributed by atoms with Gasteiger partial charge >= 0.3 is 0 Å². The Kier molecular flexibility index (Phi) is 4.42. The number of amides is 1. The molecule has 4 heteroatoms. The number of ether oxygens (including phenoxy) is 1. The minimum atomic E-state index is -0.0347. The molecule has 1 amide bonds. The first-order valence-corrected chi connectivity index (χ1v) is 9.13. The van der Waals surface area contributed by atoms with Crippen molar-refractivity contribution in [1.82, 2.24) is 5.32 Å². The van der Waals surface area contributed by atoms with Crippen LogP contribution in [0.15, 0.2) is 0 Å². The topological polar surface area (TPSA) is 38.3 Å². The molecule has 0 spiro atoms. The van der Waals surface area contributed by atoms with E-state index >= 15 is 0 Å². The van der Waals surface area contributed by atoms with Crippen LogP contribution in [0, 0.1) is 23.2 Å². The van der Waals surface area contributed by atoms with Gasteiger partial charge < -0.3 is 10.1 Å². The first-order valence-electron chi connectivity index (χ1n) is 8.01. The normalized spacial score (nSPS) is 39.8. The highest BCUT2D eigenvalue weighted by molar-refractivity contribution is 9.09. The van der Waals surface area contributed by atoms with Crippen molar-refractivity contribution in [3.8, 4) is 0 Å². The SMILES string of the molecule is COCC(CCBr)NC(=O)C12CC3CC(CC(C3)C1)C2. The molecule has 4 aliphatic carbocycles. The summed E-state index contributed by atoms with van der Waals surface area (Å²) in [5.41, 5.74) is -0.0347. The lowest BCUT2D eigenvalue weighted by Crippen LogP contribution is -2.55. The lowest BCUT2D eigenvalue weighted by molar-refractivity contribution is -0.147. The number of halogens is 1. The lowest BCUT2D eigenvalue weighted by Gasteiger charge is -2.55. The average molecular weight is 344 g/mol. The predicted octanol–water partition coefficient (Wildman–Crippen LogP) is 3.12. The van der Waals surface area contributed by atoms with Crippen LogP contribution in [0.4, 0.5) is 0 Å². The minimum Gasteiger partial charge on any atom is -0.383 e. The smallest absolute Gasteiger partial charge is 0.226 e. The van der Waals surface area contributed by atoms with Crippen LogP contribution in [0.25, 0.3) is 0 Å². The van der Waals surface area contributed by atoms with E-state index in [1.54, 1.807) is 7.11 Å². The van der Waals surface area contributed by atoms with Crippen molar-refractivity contribution in [2.24, 2.45) is 23.2 Å². The molecule has 4 aliphatic rings. The van der Waals surface area contributed by atoms with Crippen LogP contribution in [-0.4, -0.2) is 31.0 Å². The van der Waals surface area contributed by atoms with Crippen molar-refractivity contribution in [3.63, 3.8) is 0 Å². The van der Waals surface area contributed by atoms with Crippen LogP contribution in [0.2, 0.25) is 0 Å². The van der Waals surface area contributed by atoms with E-state index in [1.165, 1.54) is 19.3 Å². The van der Waals surface area contributed by atoms with Gasteiger partial charge in [-0.2, -0.15) is 0 Å². The van der Waals surface area contributed by atoms with E-state index in [-0.39, 0.29) is 11.5 Å². The van der Waals surface area contributed by atoms with Crippen LogP contribution in [-0.2, 0) is 9.53 Å². The molecule has 0 aromatic carbocycles. The zero-order valence-electron chi connectivity index (χ0n) is 12.4. The molecule has 0 saturated heterocycles. The van der Waals surface area contributed by atoms with Gasteiger partial charge in [0, 0.05) is 17.9 Å². The van der Waals surface area contributed by atoms with Gasteiger partial charge in [0.2, 0.25) is 5.91 Å². The maximum absolute atomic E-state index is 12.9. The molecule has 20 heavy (non-hydrogen) atoms. The third-order valence-electron chi connectivity index (χ3n) is 5.68. The number of carbonyl (C=O) groups is 1. The van der Waals surface area contributed by atoms with Crippen LogP contribution < -0.4 is 5.32 Å². The number of nitrogens with one attached hydrogen (secondary N) is 1. The van der Waals surface area contributed by atoms with E-state index in [4.69, 9.17) is 4.74 Å². The van der Waals surface area contributed by atoms with E-state index in [2.05, 4.69) is 21.2 Å². The number of methoxy groups -OCH3 is 1. The fraction of sp³-hybridized carbons (Fsp3) is 0.938. The summed E-state index contributed by atoms with van der Waals surface area (Å²) in [7, 11) is 1.71. The van der Waals surface area contributed by atoms with Gasteiger partial charge in [0.1, 0.15) is 0 Å². The summed E-state index contributed by atoms with van der Waals surface area (Å²) in [5, 5.41) is 4.19. The van der Waals surface area contributed by atoms with Crippen molar-refractivity contribution in [3.05, 3.63) is 0 Å². The van der Waals surface area contributed by atoms with Crippen LogP contribution in [0.1, 0.15) is 44.9 Å². The van der Waals surface area contributed by atoms with Crippen LogP contribution in [0.5, 0.6) is 0 Å². The molecule has 4 fully saturated rings. The van der Waals surface area contributed by atoms with Gasteiger partial charge in [-0.1, -0.05) is 15.9 Å². The van der Waals surface area contributed by atoms with Crippen LogP contribution in [0.3, 0.4) is 0 Å². The number of hydrogen-bond acceptors (Lipinski definition) is 2. The second kappa shape index (κ2) is 5.96. The van der Waals surface area contributed by atoms with Gasteiger partial charge in [-0.25, -0.2) is 0 Å². The third kappa shape index (κ3) is 2.78. The molecule has 0 heterocycles. The maximum atomic E-state index is 12.9. The van der Waals surface area contributed by atoms with Gasteiger partial charge in [-0.15, -0.1) is 0 Å². The van der Waals surface area contributed by atoms with E-state index < -0.39 is 0 Å². The molecule has 4 bridgehead atoms. The summed E-state index contributed by atoms with van der Waals surface area (Å²) in [6, 6.07) is 0.153. The molecule has 0 aliphatic heterocycles. The predicted molar refractivity (Wildman–Crippen MR) is 82.8 cm³/mol. The second-order valence-electron chi connectivity index (χ2n) is 7.30. The number of carbonyl (C=O) groups excluding carboxylic acids is 1. The Labute approximate surface area is 130 Å². The summed E-state index contributed by atoms with van der Waals surface area (Å²) < 4.78 is 5.24. The van der Waals surface area contributed by atoms with Crippen molar-refractivity contribution in [1.29, 1.82) is 0 Å². The molecule has 4 rings (SSSR count). The zero-order chi connectivity index (χ0) is 14.2. The van der Waals surface area contributed by atoms with Gasteiger partial charge in [0.15, 0.2) is 0 Å². The van der Waals surface area contributed by atoms with Gasteiger partial charge in [-0.05, 0) is 62.7 Å². The van der Waals surface area contributed by atoms with Gasteiger partial charge in [0.25, 0.3) is 0 Å². The molecule has 0 aromatic heterocycles. The molecule has 1 N–H and O–H groups in total. The van der Waals surface area contributed by atoms with Gasteiger partial charge in [-0.3, -0.25) is 4.79 Å². The third-order valence-corrected chi connectivity index (χ3v) is 6.14. The standard InChI is InChI=1S/C16H26BrNO2/c1-20-10-14(2-3-17)18-15(19)16-7-11-4-12(8-16)6-13(5-11)9-16/h11-14H,2-10H2,1H3,(H,18,19). The minimum absolute atomic E-state index is 0.0347. The van der Waals surface area contributed by atoms with Crippen LogP contribution >= 0.6 is 15.9 Å². The molecule has 0 radical (unpaired) electrons. The Morgan fingerprint density at radius 1 is 1.25 bits per heavy atom. The average Bonchev–Trinajstić information content (AvgIpc) is 2.37. The number of hydrogen-bond donors (Lipinski definition) is 1. The van der Waals surface area contributed by atoms with E-state index in [1.807, 2.05) is 0 Å². The Morgan fingerprint density at radius 3 is 2.25 bits per heavy atom. The van der Waals surface area contributed by atoms with Crippen molar-refractivity contribution in [2.45, 2.75) is 51.0 Å². The number of alkyl halides is 1. The largest absolute Gasteiger partial charge is 0.383 e. The molecular weight excluding hydrogens is 318 g/mol. The Morgan fingerprint density at radius 2 is 1.80 bits per heavy atom. The highest BCUT2D eigenvalue weighted by Crippen LogP contribution is 2.60. The molecule has 3 nitrogen and oxygen atoms in total. The molecule has 114 valence electrons.